The Kier molecular flexibility index (Phi) is 5.29. The summed E-state index contributed by atoms with van der Waals surface area (Å²) in [6, 6.07) is 20.4. The maximum absolute atomic E-state index is 13.2. The minimum atomic E-state index is -0.506. The molecule has 0 spiro atoms. The summed E-state index contributed by atoms with van der Waals surface area (Å²) in [7, 11) is 0. The number of amides is 3. The molecule has 7 nitrogen and oxygen atoms in total. The summed E-state index contributed by atoms with van der Waals surface area (Å²) in [5.74, 6) is 0.633. The third kappa shape index (κ3) is 4.05. The first kappa shape index (κ1) is 19.8. The van der Waals surface area contributed by atoms with Gasteiger partial charge in [0.05, 0.1) is 23.9 Å². The zero-order valence-corrected chi connectivity index (χ0v) is 17.3. The quantitative estimate of drug-likeness (QED) is 0.634. The minimum absolute atomic E-state index is 0.0919. The van der Waals surface area contributed by atoms with E-state index in [1.807, 2.05) is 66.7 Å². The van der Waals surface area contributed by atoms with Crippen LogP contribution in [0.4, 0.5) is 4.79 Å². The van der Waals surface area contributed by atoms with Crippen LogP contribution in [-0.4, -0.2) is 28.4 Å². The Balaban J connectivity index is 1.32. The van der Waals surface area contributed by atoms with E-state index in [-0.39, 0.29) is 11.9 Å². The first-order valence-electron chi connectivity index (χ1n) is 10.4. The number of carbonyl (C=O) groups is 2. The summed E-state index contributed by atoms with van der Waals surface area (Å²) in [5, 5.41) is 5.69. The van der Waals surface area contributed by atoms with Gasteiger partial charge in [-0.3, -0.25) is 9.78 Å². The first-order chi connectivity index (χ1) is 15.7. The fraction of sp³-hybridized carbons (Fsp3) is 0.160. The largest absolute Gasteiger partial charge is 0.489 e. The summed E-state index contributed by atoms with van der Waals surface area (Å²) in [5.41, 5.74) is 4.08. The van der Waals surface area contributed by atoms with Crippen molar-refractivity contribution in [3.63, 3.8) is 0 Å². The molecule has 0 saturated carbocycles. The first-order valence-corrected chi connectivity index (χ1v) is 10.4. The lowest BCUT2D eigenvalue weighted by atomic mass is 9.96. The van der Waals surface area contributed by atoms with Gasteiger partial charge in [0.1, 0.15) is 12.4 Å². The highest BCUT2D eigenvalue weighted by Gasteiger charge is 2.40. The molecule has 0 saturated heterocycles. The Labute approximate surface area is 185 Å². The molecule has 160 valence electrons. The van der Waals surface area contributed by atoms with E-state index >= 15 is 0 Å². The van der Waals surface area contributed by atoms with Gasteiger partial charge in [0.25, 0.3) is 5.91 Å². The molecule has 0 unspecified atom stereocenters. The number of hydrogen-bond donors (Lipinski definition) is 2. The molecule has 2 aliphatic rings. The average Bonchev–Trinajstić information content (AvgIpc) is 3.13. The molecule has 2 N–H and O–H groups in total. The molecule has 0 aliphatic carbocycles. The summed E-state index contributed by atoms with van der Waals surface area (Å²) >= 11 is 0. The van der Waals surface area contributed by atoms with E-state index in [0.717, 1.165) is 22.4 Å². The molecule has 1 aromatic heterocycles. The molecule has 0 fully saturated rings. The second-order valence-electron chi connectivity index (χ2n) is 7.79. The van der Waals surface area contributed by atoms with Crippen LogP contribution >= 0.6 is 0 Å². The zero-order chi connectivity index (χ0) is 21.9. The number of rotatable bonds is 6. The number of hydrogen-bond acceptors (Lipinski definition) is 4. The van der Waals surface area contributed by atoms with Crippen molar-refractivity contribution >= 4 is 11.9 Å². The van der Waals surface area contributed by atoms with Gasteiger partial charge in [-0.05, 0) is 34.9 Å². The van der Waals surface area contributed by atoms with E-state index in [1.54, 1.807) is 17.3 Å². The molecule has 32 heavy (non-hydrogen) atoms. The minimum Gasteiger partial charge on any atom is -0.489 e. The van der Waals surface area contributed by atoms with Crippen molar-refractivity contribution in [2.24, 2.45) is 0 Å². The van der Waals surface area contributed by atoms with E-state index in [2.05, 4.69) is 15.6 Å². The van der Waals surface area contributed by atoms with Gasteiger partial charge >= 0.3 is 6.03 Å². The van der Waals surface area contributed by atoms with Gasteiger partial charge in [-0.25, -0.2) is 4.79 Å². The summed E-state index contributed by atoms with van der Waals surface area (Å²) in [6.45, 7) is 1.28. The van der Waals surface area contributed by atoms with Crippen LogP contribution in [0.15, 0.2) is 90.4 Å². The maximum Gasteiger partial charge on any atom is 0.319 e. The van der Waals surface area contributed by atoms with E-state index in [9.17, 15) is 9.59 Å². The standard InChI is InChI=1S/C25H22N4O3/c30-24-22-21(15-29(24)14-18-7-4-12-26-13-18)27-25(31)28-23(22)19-8-10-20(11-9-19)32-16-17-5-2-1-3-6-17/h1-13,23H,14-16H2,(H2,27,28,31)/t23-/m0/s1. The molecular formula is C25H22N4O3. The number of urea groups is 1. The van der Waals surface area contributed by atoms with Gasteiger partial charge in [-0.15, -0.1) is 0 Å². The average molecular weight is 426 g/mol. The van der Waals surface area contributed by atoms with Crippen LogP contribution in [0.1, 0.15) is 22.7 Å². The summed E-state index contributed by atoms with van der Waals surface area (Å²) in [6.07, 6.45) is 3.44. The number of ether oxygens (including phenoxy) is 1. The Morgan fingerprint density at radius 2 is 1.75 bits per heavy atom. The number of pyridine rings is 1. The fourth-order valence-electron chi connectivity index (χ4n) is 4.02. The summed E-state index contributed by atoms with van der Waals surface area (Å²) < 4.78 is 5.85. The van der Waals surface area contributed by atoms with Gasteiger partial charge < -0.3 is 20.3 Å². The van der Waals surface area contributed by atoms with Crippen molar-refractivity contribution in [1.82, 2.24) is 20.5 Å². The molecule has 0 bridgehead atoms. The van der Waals surface area contributed by atoms with Crippen LogP contribution in [-0.2, 0) is 17.9 Å². The van der Waals surface area contributed by atoms with Crippen LogP contribution in [0.2, 0.25) is 0 Å². The lowest BCUT2D eigenvalue weighted by Gasteiger charge is -2.25. The molecule has 2 aromatic carbocycles. The third-order valence-electron chi connectivity index (χ3n) is 5.58. The molecule has 2 aliphatic heterocycles. The van der Waals surface area contributed by atoms with Crippen LogP contribution in [0.25, 0.3) is 0 Å². The molecule has 1 atom stereocenters. The topological polar surface area (TPSA) is 83.6 Å². The number of carbonyl (C=O) groups excluding carboxylic acids is 2. The van der Waals surface area contributed by atoms with Crippen molar-refractivity contribution in [3.05, 3.63) is 107 Å². The van der Waals surface area contributed by atoms with Crippen LogP contribution < -0.4 is 15.4 Å². The van der Waals surface area contributed by atoms with Gasteiger partial charge in [-0.2, -0.15) is 0 Å². The molecule has 3 heterocycles. The van der Waals surface area contributed by atoms with Crippen molar-refractivity contribution in [2.45, 2.75) is 19.2 Å². The van der Waals surface area contributed by atoms with E-state index in [1.165, 1.54) is 0 Å². The van der Waals surface area contributed by atoms with Crippen LogP contribution in [0.3, 0.4) is 0 Å². The summed E-state index contributed by atoms with van der Waals surface area (Å²) in [4.78, 5) is 31.3. The molecule has 3 aromatic rings. The monoisotopic (exact) mass is 426 g/mol. The Morgan fingerprint density at radius 1 is 0.969 bits per heavy atom. The van der Waals surface area contributed by atoms with Crippen LogP contribution in [0, 0.1) is 0 Å². The Hall–Kier alpha value is -4.13. The normalized spacial score (nSPS) is 17.6. The zero-order valence-electron chi connectivity index (χ0n) is 17.3. The molecule has 5 rings (SSSR count). The highest BCUT2D eigenvalue weighted by atomic mass is 16.5. The predicted molar refractivity (Wildman–Crippen MR) is 118 cm³/mol. The van der Waals surface area contributed by atoms with E-state index in [0.29, 0.717) is 31.0 Å². The number of benzene rings is 2. The number of nitrogens with zero attached hydrogens (tertiary/aromatic N) is 2. The van der Waals surface area contributed by atoms with Gasteiger partial charge in [0, 0.05) is 18.9 Å². The SMILES string of the molecule is O=C1NC2=C(C(=O)N(Cc3cccnc3)C2)[C@H](c2ccc(OCc3ccccc3)cc2)N1. The Morgan fingerprint density at radius 3 is 2.50 bits per heavy atom. The number of nitrogens with one attached hydrogen (secondary N) is 2. The lowest BCUT2D eigenvalue weighted by Crippen LogP contribution is -2.44. The highest BCUT2D eigenvalue weighted by Crippen LogP contribution is 2.33. The lowest BCUT2D eigenvalue weighted by molar-refractivity contribution is -0.126. The number of aromatic nitrogens is 1. The predicted octanol–water partition coefficient (Wildman–Crippen LogP) is 3.31. The van der Waals surface area contributed by atoms with Crippen molar-refractivity contribution in [1.29, 1.82) is 0 Å². The van der Waals surface area contributed by atoms with E-state index in [4.69, 9.17) is 4.74 Å². The van der Waals surface area contributed by atoms with Gasteiger partial charge in [-0.1, -0.05) is 48.5 Å². The molecular weight excluding hydrogens is 404 g/mol. The molecule has 7 heteroatoms. The Bertz CT molecular complexity index is 1160. The van der Waals surface area contributed by atoms with Crippen molar-refractivity contribution < 1.29 is 14.3 Å². The van der Waals surface area contributed by atoms with Gasteiger partial charge in [0.15, 0.2) is 0 Å². The molecule has 0 radical (unpaired) electrons. The fourth-order valence-corrected chi connectivity index (χ4v) is 4.02. The van der Waals surface area contributed by atoms with Crippen molar-refractivity contribution in [3.8, 4) is 5.75 Å². The van der Waals surface area contributed by atoms with Crippen molar-refractivity contribution in [2.75, 3.05) is 6.54 Å². The molecule has 3 amide bonds. The van der Waals surface area contributed by atoms with Crippen LogP contribution in [0.5, 0.6) is 5.75 Å². The maximum atomic E-state index is 13.2. The van der Waals surface area contributed by atoms with Gasteiger partial charge in [0.2, 0.25) is 0 Å². The second-order valence-corrected chi connectivity index (χ2v) is 7.79. The highest BCUT2D eigenvalue weighted by molar-refractivity contribution is 6.01. The van der Waals surface area contributed by atoms with E-state index < -0.39 is 6.04 Å². The third-order valence-corrected chi connectivity index (χ3v) is 5.58. The second kappa shape index (κ2) is 8.55. The smallest absolute Gasteiger partial charge is 0.319 e.